The van der Waals surface area contributed by atoms with Crippen molar-refractivity contribution in [3.63, 3.8) is 0 Å². The van der Waals surface area contributed by atoms with Crippen molar-refractivity contribution in [1.82, 2.24) is 9.62 Å². The average molecular weight is 481 g/mol. The van der Waals surface area contributed by atoms with Gasteiger partial charge in [-0.3, -0.25) is 0 Å². The summed E-state index contributed by atoms with van der Waals surface area (Å²) in [5.41, 5.74) is 1.80. The first kappa shape index (κ1) is 25.8. The van der Waals surface area contributed by atoms with E-state index in [1.165, 1.54) is 0 Å². The predicted octanol–water partition coefficient (Wildman–Crippen LogP) is 3.80. The van der Waals surface area contributed by atoms with E-state index < -0.39 is 14.8 Å². The van der Waals surface area contributed by atoms with Crippen molar-refractivity contribution < 1.29 is 17.9 Å². The highest BCUT2D eigenvalue weighted by Crippen LogP contribution is 2.29. The molecule has 9 heteroatoms. The zero-order valence-corrected chi connectivity index (χ0v) is 21.5. The molecule has 0 radical (unpaired) electrons. The van der Waals surface area contributed by atoms with Crippen molar-refractivity contribution in [3.8, 4) is 0 Å². The number of nitrogens with zero attached hydrogens (tertiary/aromatic N) is 2. The minimum atomic E-state index is -3.39. The molecule has 2 heterocycles. The number of carbonyl (C=O) groups is 1. The molecule has 0 bridgehead atoms. The second kappa shape index (κ2) is 10.2. The molecule has 3 rings (SSSR count). The summed E-state index contributed by atoms with van der Waals surface area (Å²) in [7, 11) is -3.39. The average Bonchev–Trinajstić information content (AvgIpc) is 2.79. The Labute approximate surface area is 199 Å². The van der Waals surface area contributed by atoms with Gasteiger partial charge >= 0.3 is 6.03 Å². The summed E-state index contributed by atoms with van der Waals surface area (Å²) < 4.78 is 32.8. The highest BCUT2D eigenvalue weighted by atomic mass is 32.2. The molecule has 2 aliphatic heterocycles. The highest BCUT2D eigenvalue weighted by molar-refractivity contribution is 7.90. The van der Waals surface area contributed by atoms with Crippen LogP contribution in [0.1, 0.15) is 60.3 Å². The van der Waals surface area contributed by atoms with Crippen LogP contribution >= 0.6 is 0 Å². The van der Waals surface area contributed by atoms with Gasteiger partial charge in [-0.25, -0.2) is 17.9 Å². The molecule has 186 valence electrons. The molecule has 2 amide bonds. The molecule has 2 N–H and O–H groups in total. The number of hydrogen-bond donors (Lipinski definition) is 2. The number of sulfonamides is 1. The summed E-state index contributed by atoms with van der Waals surface area (Å²) >= 11 is 0. The van der Waals surface area contributed by atoms with Crippen LogP contribution < -0.4 is 14.9 Å². The largest absolute Gasteiger partial charge is 0.371 e. The van der Waals surface area contributed by atoms with E-state index in [-0.39, 0.29) is 17.7 Å². The Bertz CT molecular complexity index is 899. The van der Waals surface area contributed by atoms with Gasteiger partial charge in [-0.2, -0.15) is 0 Å². The lowest BCUT2D eigenvalue weighted by Crippen LogP contribution is -2.51. The lowest BCUT2D eigenvalue weighted by atomic mass is 9.94. The summed E-state index contributed by atoms with van der Waals surface area (Å²) in [6.07, 6.45) is 3.19. The maximum Gasteiger partial charge on any atom is 0.321 e. The third kappa shape index (κ3) is 6.19. The Kier molecular flexibility index (Phi) is 7.96. The summed E-state index contributed by atoms with van der Waals surface area (Å²) in [6, 6.07) is 7.68. The van der Waals surface area contributed by atoms with Gasteiger partial charge in [-0.05, 0) is 70.7 Å². The number of nitrogens with one attached hydrogen (secondary N) is 2. The fourth-order valence-corrected chi connectivity index (χ4v) is 5.33. The second-order valence-corrected chi connectivity index (χ2v) is 12.6. The van der Waals surface area contributed by atoms with Crippen LogP contribution in [0, 0.1) is 0 Å². The molecule has 0 aliphatic carbocycles. The number of piperidine rings is 1. The number of benzene rings is 1. The zero-order chi connectivity index (χ0) is 24.3. The van der Waals surface area contributed by atoms with Crippen LogP contribution in [0.2, 0.25) is 0 Å². The van der Waals surface area contributed by atoms with Gasteiger partial charge in [0, 0.05) is 43.6 Å². The minimum Gasteiger partial charge on any atom is -0.371 e. The second-order valence-electron chi connectivity index (χ2n) is 10.1. The highest BCUT2D eigenvalue weighted by Gasteiger charge is 2.34. The first-order valence-corrected chi connectivity index (χ1v) is 13.5. The number of morpholine rings is 1. The third-order valence-corrected chi connectivity index (χ3v) is 9.19. The summed E-state index contributed by atoms with van der Waals surface area (Å²) in [5.74, 6) is 0. The molecule has 1 aromatic rings. The van der Waals surface area contributed by atoms with E-state index in [4.69, 9.17) is 4.74 Å². The molecule has 2 fully saturated rings. The molecule has 2 aliphatic rings. The molecule has 0 atom stereocenters. The third-order valence-electron chi connectivity index (χ3n) is 6.93. The lowest BCUT2D eigenvalue weighted by Gasteiger charge is -2.43. The van der Waals surface area contributed by atoms with Gasteiger partial charge in [0.05, 0.1) is 17.0 Å². The predicted molar refractivity (Wildman–Crippen MR) is 133 cm³/mol. The van der Waals surface area contributed by atoms with E-state index >= 15 is 0 Å². The molecular formula is C24H40N4O4S. The quantitative estimate of drug-likeness (QED) is 0.646. The molecule has 0 spiro atoms. The fourth-order valence-electron chi connectivity index (χ4n) is 4.30. The molecule has 0 unspecified atom stereocenters. The van der Waals surface area contributed by atoms with Crippen LogP contribution in [0.5, 0.6) is 0 Å². The number of likely N-dealkylation sites (tertiary alicyclic amines) is 1. The van der Waals surface area contributed by atoms with Crippen molar-refractivity contribution >= 4 is 27.4 Å². The van der Waals surface area contributed by atoms with Gasteiger partial charge in [0.15, 0.2) is 0 Å². The van der Waals surface area contributed by atoms with Crippen LogP contribution in [-0.4, -0.2) is 68.5 Å². The topological polar surface area (TPSA) is 91.0 Å². The smallest absolute Gasteiger partial charge is 0.321 e. The van der Waals surface area contributed by atoms with E-state index in [0.717, 1.165) is 43.9 Å². The van der Waals surface area contributed by atoms with E-state index in [1.54, 1.807) is 25.7 Å². The maximum atomic E-state index is 12.7. The molecule has 0 aromatic heterocycles. The molecule has 33 heavy (non-hydrogen) atoms. The standard InChI is InChI=1S/C24H40N4O4S/c1-6-24(7-2)18-28(16-17-32-24)21-10-8-19(9-11-21)25-22(29)27-14-12-20(13-15-27)26-33(30,31)23(3,4)5/h8-11,20,26H,6-7,12-18H2,1-5H3,(H,25,29). The van der Waals surface area contributed by atoms with Crippen LogP contribution in [0.4, 0.5) is 16.2 Å². The summed E-state index contributed by atoms with van der Waals surface area (Å²) in [4.78, 5) is 16.8. The number of hydrogen-bond acceptors (Lipinski definition) is 5. The van der Waals surface area contributed by atoms with Gasteiger partial charge in [0.25, 0.3) is 0 Å². The van der Waals surface area contributed by atoms with Crippen LogP contribution in [-0.2, 0) is 14.8 Å². The van der Waals surface area contributed by atoms with Crippen molar-refractivity contribution in [1.29, 1.82) is 0 Å². The van der Waals surface area contributed by atoms with Crippen molar-refractivity contribution in [3.05, 3.63) is 24.3 Å². The first-order valence-electron chi connectivity index (χ1n) is 12.1. The van der Waals surface area contributed by atoms with E-state index in [1.807, 2.05) is 24.3 Å². The van der Waals surface area contributed by atoms with Gasteiger partial charge < -0.3 is 19.9 Å². The van der Waals surface area contributed by atoms with Crippen LogP contribution in [0.15, 0.2) is 24.3 Å². The number of urea groups is 1. The van der Waals surface area contributed by atoms with Crippen LogP contribution in [0.25, 0.3) is 0 Å². The molecule has 1 aromatic carbocycles. The number of rotatable bonds is 6. The molecular weight excluding hydrogens is 440 g/mol. The molecule has 8 nitrogen and oxygen atoms in total. The summed E-state index contributed by atoms with van der Waals surface area (Å²) in [5, 5.41) is 2.97. The van der Waals surface area contributed by atoms with E-state index in [2.05, 4.69) is 28.8 Å². The van der Waals surface area contributed by atoms with Gasteiger partial charge in [0.2, 0.25) is 10.0 Å². The Morgan fingerprint density at radius 2 is 1.70 bits per heavy atom. The van der Waals surface area contributed by atoms with Crippen molar-refractivity contribution in [2.75, 3.05) is 43.0 Å². The van der Waals surface area contributed by atoms with E-state index in [9.17, 15) is 13.2 Å². The Morgan fingerprint density at radius 3 is 2.24 bits per heavy atom. The minimum absolute atomic E-state index is 0.0850. The normalized spacial score (nSPS) is 20.0. The van der Waals surface area contributed by atoms with Gasteiger partial charge in [0.1, 0.15) is 0 Å². The number of ether oxygens (including phenoxy) is 1. The summed E-state index contributed by atoms with van der Waals surface area (Å²) in [6.45, 7) is 12.9. The Morgan fingerprint density at radius 1 is 1.09 bits per heavy atom. The molecule has 2 saturated heterocycles. The Hall–Kier alpha value is -1.84. The maximum absolute atomic E-state index is 12.7. The van der Waals surface area contributed by atoms with Gasteiger partial charge in [-0.15, -0.1) is 0 Å². The van der Waals surface area contributed by atoms with Crippen LogP contribution in [0.3, 0.4) is 0 Å². The monoisotopic (exact) mass is 480 g/mol. The van der Waals surface area contributed by atoms with Gasteiger partial charge in [-0.1, -0.05) is 13.8 Å². The Balaban J connectivity index is 1.51. The zero-order valence-electron chi connectivity index (χ0n) is 20.7. The van der Waals surface area contributed by atoms with E-state index in [0.29, 0.717) is 25.9 Å². The molecule has 0 saturated carbocycles. The SMILES string of the molecule is CCC1(CC)CN(c2ccc(NC(=O)N3CCC(NS(=O)(=O)C(C)(C)C)CC3)cc2)CCO1. The number of amides is 2. The van der Waals surface area contributed by atoms with Crippen molar-refractivity contribution in [2.45, 2.75) is 76.7 Å². The van der Waals surface area contributed by atoms with Crippen molar-refractivity contribution in [2.24, 2.45) is 0 Å². The first-order chi connectivity index (χ1) is 15.5. The fraction of sp³-hybridized carbons (Fsp3) is 0.708. The lowest BCUT2D eigenvalue weighted by molar-refractivity contribution is -0.0605. The number of carbonyl (C=O) groups excluding carboxylic acids is 1. The number of anilines is 2.